The van der Waals surface area contributed by atoms with Gasteiger partial charge in [0.25, 0.3) is 0 Å². The molecular weight excluding hydrogens is 338 g/mol. The molecule has 0 spiro atoms. The number of nitrogens with zero attached hydrogens (tertiary/aromatic N) is 3. The van der Waals surface area contributed by atoms with Crippen LogP contribution in [0.3, 0.4) is 0 Å². The van der Waals surface area contributed by atoms with E-state index in [1.54, 1.807) is 18.4 Å². The van der Waals surface area contributed by atoms with E-state index in [1.807, 2.05) is 4.90 Å². The zero-order valence-corrected chi connectivity index (χ0v) is 14.5. The van der Waals surface area contributed by atoms with Gasteiger partial charge in [0.2, 0.25) is 17.6 Å². The van der Waals surface area contributed by atoms with Gasteiger partial charge in [-0.15, -0.1) is 0 Å². The van der Waals surface area contributed by atoms with Crippen molar-refractivity contribution in [3.8, 4) is 11.6 Å². The molecule has 1 aliphatic carbocycles. The predicted octanol–water partition coefficient (Wildman–Crippen LogP) is 1.24. The normalized spacial score (nSPS) is 28.3. The molecule has 1 amide bonds. The molecule has 2 aromatic rings. The molecule has 1 aliphatic heterocycles. The van der Waals surface area contributed by atoms with Crippen LogP contribution in [0.15, 0.2) is 27.3 Å². The molecule has 4 rings (SSSR count). The van der Waals surface area contributed by atoms with Crippen molar-refractivity contribution in [1.29, 1.82) is 0 Å². The van der Waals surface area contributed by atoms with Crippen molar-refractivity contribution in [2.24, 2.45) is 11.8 Å². The first kappa shape index (κ1) is 17.2. The number of aliphatic hydroxyl groups is 2. The molecule has 140 valence electrons. The highest BCUT2D eigenvalue weighted by atomic mass is 16.5. The SMILES string of the molecule is O=C(CCCc1nc(-c2ccco2)no1)N1C[C@H]2C[C@@H](O)[C@H](O)C[C@H]2C1. The van der Waals surface area contributed by atoms with Gasteiger partial charge in [0.15, 0.2) is 5.76 Å². The highest BCUT2D eigenvalue weighted by Crippen LogP contribution is 2.36. The minimum Gasteiger partial charge on any atom is -0.461 e. The van der Waals surface area contributed by atoms with Gasteiger partial charge in [-0.25, -0.2) is 0 Å². The van der Waals surface area contributed by atoms with Gasteiger partial charge in [0.1, 0.15) is 0 Å². The summed E-state index contributed by atoms with van der Waals surface area (Å²) in [5, 5.41) is 23.5. The summed E-state index contributed by atoms with van der Waals surface area (Å²) in [5.74, 6) is 2.16. The Labute approximate surface area is 150 Å². The number of fused-ring (bicyclic) bond motifs is 1. The van der Waals surface area contributed by atoms with Crippen LogP contribution in [0.1, 0.15) is 31.6 Å². The number of carbonyl (C=O) groups excluding carboxylic acids is 1. The second-order valence-electron chi connectivity index (χ2n) is 7.27. The van der Waals surface area contributed by atoms with E-state index in [4.69, 9.17) is 8.94 Å². The molecule has 4 atom stereocenters. The molecule has 0 bridgehead atoms. The average molecular weight is 361 g/mol. The fraction of sp³-hybridized carbons (Fsp3) is 0.611. The first-order chi connectivity index (χ1) is 12.6. The Morgan fingerprint density at radius 3 is 2.62 bits per heavy atom. The first-order valence-corrected chi connectivity index (χ1v) is 9.10. The first-order valence-electron chi connectivity index (χ1n) is 9.10. The third kappa shape index (κ3) is 3.52. The lowest BCUT2D eigenvalue weighted by Crippen LogP contribution is -2.38. The van der Waals surface area contributed by atoms with E-state index in [2.05, 4.69) is 10.1 Å². The van der Waals surface area contributed by atoms with Crippen LogP contribution in [-0.2, 0) is 11.2 Å². The lowest BCUT2D eigenvalue weighted by atomic mass is 9.79. The smallest absolute Gasteiger partial charge is 0.238 e. The number of hydrogen-bond acceptors (Lipinski definition) is 7. The van der Waals surface area contributed by atoms with Crippen molar-refractivity contribution in [2.45, 2.75) is 44.3 Å². The molecule has 1 saturated heterocycles. The standard InChI is InChI=1S/C18H23N3O5/c22-13-7-11-9-21(10-12(11)8-14(13)23)17(24)5-1-4-16-19-18(20-26-16)15-3-2-6-25-15/h2-3,6,11-14,22-23H,1,4-5,7-10H2/t11-,12+,13-,14-/m1/s1. The molecule has 8 nitrogen and oxygen atoms in total. The monoisotopic (exact) mass is 361 g/mol. The van der Waals surface area contributed by atoms with Crippen molar-refractivity contribution in [3.63, 3.8) is 0 Å². The van der Waals surface area contributed by atoms with E-state index in [-0.39, 0.29) is 5.91 Å². The largest absolute Gasteiger partial charge is 0.461 e. The third-order valence-corrected chi connectivity index (χ3v) is 5.45. The van der Waals surface area contributed by atoms with Crippen LogP contribution in [0.25, 0.3) is 11.6 Å². The van der Waals surface area contributed by atoms with Gasteiger partial charge in [-0.05, 0) is 43.2 Å². The zero-order chi connectivity index (χ0) is 18.1. The van der Waals surface area contributed by atoms with Gasteiger partial charge in [0, 0.05) is 25.9 Å². The summed E-state index contributed by atoms with van der Waals surface area (Å²) in [4.78, 5) is 18.6. The number of aromatic nitrogens is 2. The van der Waals surface area contributed by atoms with E-state index in [0.29, 0.717) is 74.5 Å². The molecule has 0 aromatic carbocycles. The Balaban J connectivity index is 1.25. The van der Waals surface area contributed by atoms with Crippen LogP contribution in [0.5, 0.6) is 0 Å². The zero-order valence-electron chi connectivity index (χ0n) is 14.5. The summed E-state index contributed by atoms with van der Waals surface area (Å²) in [7, 11) is 0. The number of amides is 1. The Kier molecular flexibility index (Phi) is 4.78. The van der Waals surface area contributed by atoms with Gasteiger partial charge in [-0.3, -0.25) is 4.79 Å². The Morgan fingerprint density at radius 1 is 1.23 bits per heavy atom. The molecule has 2 aromatic heterocycles. The van der Waals surface area contributed by atoms with Gasteiger partial charge in [-0.2, -0.15) is 4.98 Å². The molecule has 0 unspecified atom stereocenters. The second-order valence-corrected chi connectivity index (χ2v) is 7.27. The van der Waals surface area contributed by atoms with E-state index >= 15 is 0 Å². The maximum absolute atomic E-state index is 12.5. The number of furan rings is 1. The van der Waals surface area contributed by atoms with E-state index in [0.717, 1.165) is 0 Å². The number of rotatable bonds is 5. The van der Waals surface area contributed by atoms with Gasteiger partial charge >= 0.3 is 0 Å². The van der Waals surface area contributed by atoms with Crippen LogP contribution in [0, 0.1) is 11.8 Å². The maximum atomic E-state index is 12.5. The van der Waals surface area contributed by atoms with Gasteiger partial charge < -0.3 is 24.1 Å². The average Bonchev–Trinajstić information content (AvgIpc) is 3.35. The number of aryl methyl sites for hydroxylation is 1. The maximum Gasteiger partial charge on any atom is 0.238 e. The lowest BCUT2D eigenvalue weighted by molar-refractivity contribution is -0.130. The van der Waals surface area contributed by atoms with E-state index in [9.17, 15) is 15.0 Å². The molecule has 1 saturated carbocycles. The number of aliphatic hydroxyl groups excluding tert-OH is 2. The summed E-state index contributed by atoms with van der Waals surface area (Å²) >= 11 is 0. The highest BCUT2D eigenvalue weighted by Gasteiger charge is 2.42. The van der Waals surface area contributed by atoms with Crippen molar-refractivity contribution >= 4 is 5.91 Å². The molecule has 8 heteroatoms. The molecule has 26 heavy (non-hydrogen) atoms. The molecule has 2 aliphatic rings. The molecular formula is C18H23N3O5. The van der Waals surface area contributed by atoms with E-state index in [1.165, 1.54) is 0 Å². The summed E-state index contributed by atoms with van der Waals surface area (Å²) in [6, 6.07) is 3.52. The number of carbonyl (C=O) groups is 1. The molecule has 2 N–H and O–H groups in total. The van der Waals surface area contributed by atoms with Crippen LogP contribution < -0.4 is 0 Å². The van der Waals surface area contributed by atoms with Crippen molar-refractivity contribution in [3.05, 3.63) is 24.3 Å². The van der Waals surface area contributed by atoms with Crippen molar-refractivity contribution in [2.75, 3.05) is 13.1 Å². The highest BCUT2D eigenvalue weighted by molar-refractivity contribution is 5.76. The minimum absolute atomic E-state index is 0.106. The molecule has 3 heterocycles. The topological polar surface area (TPSA) is 113 Å². The lowest BCUT2D eigenvalue weighted by Gasteiger charge is -2.31. The third-order valence-electron chi connectivity index (χ3n) is 5.45. The Bertz CT molecular complexity index is 726. The predicted molar refractivity (Wildman–Crippen MR) is 89.7 cm³/mol. The quantitative estimate of drug-likeness (QED) is 0.824. The van der Waals surface area contributed by atoms with Crippen LogP contribution >= 0.6 is 0 Å². The van der Waals surface area contributed by atoms with E-state index < -0.39 is 12.2 Å². The Morgan fingerprint density at radius 2 is 1.96 bits per heavy atom. The number of likely N-dealkylation sites (tertiary alicyclic amines) is 1. The Hall–Kier alpha value is -2.19. The summed E-state index contributed by atoms with van der Waals surface area (Å²) in [6.45, 7) is 1.35. The summed E-state index contributed by atoms with van der Waals surface area (Å²) in [6.07, 6.45) is 2.98. The minimum atomic E-state index is -0.660. The fourth-order valence-electron chi connectivity index (χ4n) is 4.02. The fourth-order valence-corrected chi connectivity index (χ4v) is 4.02. The summed E-state index contributed by atoms with van der Waals surface area (Å²) in [5.41, 5.74) is 0. The van der Waals surface area contributed by atoms with Gasteiger partial charge in [-0.1, -0.05) is 5.16 Å². The van der Waals surface area contributed by atoms with Crippen molar-refractivity contribution in [1.82, 2.24) is 15.0 Å². The van der Waals surface area contributed by atoms with Crippen LogP contribution in [0.4, 0.5) is 0 Å². The summed E-state index contributed by atoms with van der Waals surface area (Å²) < 4.78 is 10.4. The van der Waals surface area contributed by atoms with Crippen LogP contribution in [0.2, 0.25) is 0 Å². The van der Waals surface area contributed by atoms with Gasteiger partial charge in [0.05, 0.1) is 18.5 Å². The second kappa shape index (κ2) is 7.20. The number of hydrogen-bond donors (Lipinski definition) is 2. The molecule has 2 fully saturated rings. The van der Waals surface area contributed by atoms with Crippen molar-refractivity contribution < 1.29 is 23.9 Å². The van der Waals surface area contributed by atoms with Crippen LogP contribution in [-0.4, -0.2) is 56.5 Å². The molecule has 0 radical (unpaired) electrons.